The monoisotopic (exact) mass is 295 g/mol. The number of halogens is 1. The van der Waals surface area contributed by atoms with Crippen LogP contribution in [-0.4, -0.2) is 18.1 Å². The summed E-state index contributed by atoms with van der Waals surface area (Å²) in [4.78, 5) is 7.50. The highest BCUT2D eigenvalue weighted by molar-refractivity contribution is 7.15. The molecule has 0 bridgehead atoms. The van der Waals surface area contributed by atoms with Gasteiger partial charge >= 0.3 is 0 Å². The SMILES string of the molecule is CCN(CC)c1cccc(NCc2cnc(Cl)s2)c1. The van der Waals surface area contributed by atoms with Crippen LogP contribution in [-0.2, 0) is 6.54 Å². The van der Waals surface area contributed by atoms with Gasteiger partial charge in [-0.25, -0.2) is 4.98 Å². The molecule has 0 atom stereocenters. The van der Waals surface area contributed by atoms with E-state index in [9.17, 15) is 0 Å². The molecule has 1 N–H and O–H groups in total. The molecule has 1 aromatic heterocycles. The molecule has 2 aromatic rings. The highest BCUT2D eigenvalue weighted by atomic mass is 35.5. The van der Waals surface area contributed by atoms with E-state index in [-0.39, 0.29) is 0 Å². The molecule has 2 rings (SSSR count). The third-order valence-corrected chi connectivity index (χ3v) is 4.08. The van der Waals surface area contributed by atoms with Crippen LogP contribution in [0.25, 0.3) is 0 Å². The molecule has 0 saturated heterocycles. The molecule has 0 radical (unpaired) electrons. The van der Waals surface area contributed by atoms with E-state index in [4.69, 9.17) is 11.6 Å². The normalized spacial score (nSPS) is 10.5. The zero-order valence-corrected chi connectivity index (χ0v) is 12.8. The van der Waals surface area contributed by atoms with E-state index in [1.807, 2.05) is 6.20 Å². The van der Waals surface area contributed by atoms with Gasteiger partial charge < -0.3 is 10.2 Å². The zero-order valence-electron chi connectivity index (χ0n) is 11.2. The molecule has 1 aromatic carbocycles. The molecule has 102 valence electrons. The Morgan fingerprint density at radius 3 is 2.74 bits per heavy atom. The van der Waals surface area contributed by atoms with Gasteiger partial charge in [0.15, 0.2) is 4.47 Å². The summed E-state index contributed by atoms with van der Waals surface area (Å²) in [6, 6.07) is 8.47. The summed E-state index contributed by atoms with van der Waals surface area (Å²) in [6.45, 7) is 7.13. The second kappa shape index (κ2) is 6.78. The number of aromatic nitrogens is 1. The van der Waals surface area contributed by atoms with Crippen LogP contribution in [0.1, 0.15) is 18.7 Å². The van der Waals surface area contributed by atoms with Crippen LogP contribution in [0.3, 0.4) is 0 Å². The molecule has 5 heteroatoms. The quantitative estimate of drug-likeness (QED) is 0.863. The maximum absolute atomic E-state index is 5.82. The van der Waals surface area contributed by atoms with Crippen molar-refractivity contribution in [2.24, 2.45) is 0 Å². The van der Waals surface area contributed by atoms with Crippen molar-refractivity contribution in [1.29, 1.82) is 0 Å². The van der Waals surface area contributed by atoms with Gasteiger partial charge in [-0.3, -0.25) is 0 Å². The van der Waals surface area contributed by atoms with Gasteiger partial charge in [0.05, 0.1) is 6.54 Å². The standard InChI is InChI=1S/C14H18ClN3S/c1-3-18(4-2)12-7-5-6-11(8-12)16-9-13-10-17-14(15)19-13/h5-8,10,16H,3-4,9H2,1-2H3. The first kappa shape index (κ1) is 14.2. The molecule has 0 amide bonds. The molecule has 0 unspecified atom stereocenters. The van der Waals surface area contributed by atoms with Gasteiger partial charge in [-0.2, -0.15) is 0 Å². The molecule has 0 saturated carbocycles. The Hall–Kier alpha value is -1.26. The van der Waals surface area contributed by atoms with Gasteiger partial charge in [0.25, 0.3) is 0 Å². The molecule has 1 heterocycles. The van der Waals surface area contributed by atoms with Crippen molar-refractivity contribution < 1.29 is 0 Å². The number of anilines is 2. The predicted molar refractivity (Wildman–Crippen MR) is 84.5 cm³/mol. The van der Waals surface area contributed by atoms with Crippen LogP contribution >= 0.6 is 22.9 Å². The largest absolute Gasteiger partial charge is 0.380 e. The first-order chi connectivity index (χ1) is 9.22. The second-order valence-corrected chi connectivity index (χ2v) is 5.85. The third kappa shape index (κ3) is 3.85. The van der Waals surface area contributed by atoms with Crippen molar-refractivity contribution in [2.75, 3.05) is 23.3 Å². The minimum Gasteiger partial charge on any atom is -0.380 e. The molecule has 0 fully saturated rings. The molecule has 0 aliphatic heterocycles. The Labute approximate surface area is 123 Å². The van der Waals surface area contributed by atoms with Crippen LogP contribution in [0.2, 0.25) is 4.47 Å². The van der Waals surface area contributed by atoms with E-state index in [1.165, 1.54) is 17.0 Å². The number of rotatable bonds is 6. The van der Waals surface area contributed by atoms with E-state index in [0.29, 0.717) is 4.47 Å². The Morgan fingerprint density at radius 2 is 2.11 bits per heavy atom. The first-order valence-corrected chi connectivity index (χ1v) is 7.61. The summed E-state index contributed by atoms with van der Waals surface area (Å²) in [5.74, 6) is 0. The second-order valence-electron chi connectivity index (χ2n) is 4.16. The zero-order chi connectivity index (χ0) is 13.7. The number of hydrogen-bond donors (Lipinski definition) is 1. The van der Waals surface area contributed by atoms with Crippen molar-refractivity contribution in [3.63, 3.8) is 0 Å². The van der Waals surface area contributed by atoms with Crippen molar-refractivity contribution in [3.05, 3.63) is 39.8 Å². The maximum atomic E-state index is 5.82. The van der Waals surface area contributed by atoms with Gasteiger partial charge in [0, 0.05) is 35.5 Å². The number of benzene rings is 1. The summed E-state index contributed by atoms with van der Waals surface area (Å²) in [7, 11) is 0. The lowest BCUT2D eigenvalue weighted by Crippen LogP contribution is -2.21. The lowest BCUT2D eigenvalue weighted by molar-refractivity contribution is 0.866. The molecular weight excluding hydrogens is 278 g/mol. The fraction of sp³-hybridized carbons (Fsp3) is 0.357. The van der Waals surface area contributed by atoms with E-state index in [0.717, 1.165) is 30.2 Å². The molecule has 0 aliphatic rings. The summed E-state index contributed by atoms with van der Waals surface area (Å²) in [5.41, 5.74) is 2.37. The predicted octanol–water partition coefficient (Wildman–Crippen LogP) is 4.25. The van der Waals surface area contributed by atoms with Gasteiger partial charge in [-0.1, -0.05) is 17.7 Å². The Morgan fingerprint density at radius 1 is 1.32 bits per heavy atom. The number of nitrogens with one attached hydrogen (secondary N) is 1. The van der Waals surface area contributed by atoms with Crippen molar-refractivity contribution in [2.45, 2.75) is 20.4 Å². The fourth-order valence-electron chi connectivity index (χ4n) is 1.96. The van der Waals surface area contributed by atoms with Crippen molar-refractivity contribution in [3.8, 4) is 0 Å². The topological polar surface area (TPSA) is 28.2 Å². The smallest absolute Gasteiger partial charge is 0.183 e. The molecular formula is C14H18ClN3S. The lowest BCUT2D eigenvalue weighted by atomic mass is 10.2. The third-order valence-electron chi connectivity index (χ3n) is 2.97. The van der Waals surface area contributed by atoms with Crippen LogP contribution < -0.4 is 10.2 Å². The van der Waals surface area contributed by atoms with Crippen molar-refractivity contribution in [1.82, 2.24) is 4.98 Å². The molecule has 19 heavy (non-hydrogen) atoms. The van der Waals surface area contributed by atoms with E-state index >= 15 is 0 Å². The first-order valence-electron chi connectivity index (χ1n) is 6.42. The fourth-order valence-corrected chi connectivity index (χ4v) is 2.87. The highest BCUT2D eigenvalue weighted by Crippen LogP contribution is 2.22. The van der Waals surface area contributed by atoms with E-state index in [1.54, 1.807) is 0 Å². The Balaban J connectivity index is 2.02. The van der Waals surface area contributed by atoms with Gasteiger partial charge in [-0.15, -0.1) is 11.3 Å². The summed E-state index contributed by atoms with van der Waals surface area (Å²) in [6.07, 6.45) is 1.81. The van der Waals surface area contributed by atoms with Gasteiger partial charge in [0.1, 0.15) is 0 Å². The van der Waals surface area contributed by atoms with Gasteiger partial charge in [0.2, 0.25) is 0 Å². The van der Waals surface area contributed by atoms with Gasteiger partial charge in [-0.05, 0) is 32.0 Å². The van der Waals surface area contributed by atoms with Crippen LogP contribution in [0, 0.1) is 0 Å². The van der Waals surface area contributed by atoms with Crippen LogP contribution in [0.5, 0.6) is 0 Å². The number of nitrogens with zero attached hydrogens (tertiary/aromatic N) is 2. The average molecular weight is 296 g/mol. The molecule has 0 aliphatic carbocycles. The minimum absolute atomic E-state index is 0.591. The van der Waals surface area contributed by atoms with Crippen LogP contribution in [0.4, 0.5) is 11.4 Å². The average Bonchev–Trinajstić information content (AvgIpc) is 2.84. The molecule has 3 nitrogen and oxygen atoms in total. The minimum atomic E-state index is 0.591. The lowest BCUT2D eigenvalue weighted by Gasteiger charge is -2.21. The van der Waals surface area contributed by atoms with Crippen LogP contribution in [0.15, 0.2) is 30.5 Å². The van der Waals surface area contributed by atoms with Crippen molar-refractivity contribution >= 4 is 34.3 Å². The number of thiazole rings is 1. The summed E-state index contributed by atoms with van der Waals surface area (Å²) in [5, 5.41) is 3.40. The number of hydrogen-bond acceptors (Lipinski definition) is 4. The summed E-state index contributed by atoms with van der Waals surface area (Å²) >= 11 is 7.33. The Bertz CT molecular complexity index is 523. The van der Waals surface area contributed by atoms with E-state index < -0.39 is 0 Å². The molecule has 0 spiro atoms. The highest BCUT2D eigenvalue weighted by Gasteiger charge is 2.03. The summed E-state index contributed by atoms with van der Waals surface area (Å²) < 4.78 is 0.591. The maximum Gasteiger partial charge on any atom is 0.183 e. The van der Waals surface area contributed by atoms with E-state index in [2.05, 4.69) is 53.3 Å². The Kier molecular flexibility index (Phi) is 5.05.